The second-order valence-corrected chi connectivity index (χ2v) is 7.00. The summed E-state index contributed by atoms with van der Waals surface area (Å²) in [4.78, 5) is 37.4. The molecule has 2 aromatic rings. The van der Waals surface area contributed by atoms with Crippen molar-refractivity contribution < 1.29 is 43.9 Å². The molecular formula is C22H22O9. The van der Waals surface area contributed by atoms with E-state index in [9.17, 15) is 29.7 Å². The number of ether oxygens (including phenoxy) is 3. The Hall–Kier alpha value is -3.59. The third-order valence-corrected chi connectivity index (χ3v) is 5.19. The predicted molar refractivity (Wildman–Crippen MR) is 107 cm³/mol. The number of methoxy groups -OCH3 is 2. The zero-order chi connectivity index (χ0) is 22.9. The smallest absolute Gasteiger partial charge is 0.302 e. The highest BCUT2D eigenvalue weighted by Crippen LogP contribution is 2.45. The van der Waals surface area contributed by atoms with E-state index in [1.54, 1.807) is 0 Å². The van der Waals surface area contributed by atoms with Crippen LogP contribution in [0.15, 0.2) is 18.2 Å². The van der Waals surface area contributed by atoms with Crippen molar-refractivity contribution in [1.29, 1.82) is 0 Å². The minimum Gasteiger partial charge on any atom is -0.507 e. The number of rotatable bonds is 7. The number of carbonyl (C=O) groups is 3. The molecule has 1 atom stereocenters. The molecule has 0 aromatic heterocycles. The van der Waals surface area contributed by atoms with Crippen molar-refractivity contribution in [2.24, 2.45) is 0 Å². The Kier molecular flexibility index (Phi) is 6.16. The summed E-state index contributed by atoms with van der Waals surface area (Å²) in [5.41, 5.74) is -0.588. The van der Waals surface area contributed by atoms with Crippen LogP contribution in [0.5, 0.6) is 23.0 Å². The highest BCUT2D eigenvalue weighted by molar-refractivity contribution is 6.30. The van der Waals surface area contributed by atoms with Gasteiger partial charge in [-0.15, -0.1) is 0 Å². The fourth-order valence-electron chi connectivity index (χ4n) is 3.71. The molecule has 164 valence electrons. The molecule has 0 saturated heterocycles. The molecule has 0 spiro atoms. The molecule has 0 saturated carbocycles. The number of hydrogen-bond donors (Lipinski definition) is 3. The number of aliphatic hydroxyl groups excluding tert-OH is 1. The van der Waals surface area contributed by atoms with Crippen LogP contribution in [0.4, 0.5) is 0 Å². The first-order valence-corrected chi connectivity index (χ1v) is 9.43. The van der Waals surface area contributed by atoms with Gasteiger partial charge < -0.3 is 29.5 Å². The number of phenols is 2. The fourth-order valence-corrected chi connectivity index (χ4v) is 3.71. The predicted octanol–water partition coefficient (Wildman–Crippen LogP) is 1.92. The van der Waals surface area contributed by atoms with E-state index in [1.165, 1.54) is 33.3 Å². The summed E-state index contributed by atoms with van der Waals surface area (Å²) in [7, 11) is 2.74. The van der Waals surface area contributed by atoms with Crippen LogP contribution in [0, 0.1) is 0 Å². The van der Waals surface area contributed by atoms with Crippen LogP contribution in [0.2, 0.25) is 0 Å². The van der Waals surface area contributed by atoms with Crippen molar-refractivity contribution in [2.45, 2.75) is 19.3 Å². The van der Waals surface area contributed by atoms with E-state index in [1.807, 2.05) is 0 Å². The van der Waals surface area contributed by atoms with Gasteiger partial charge in [-0.2, -0.15) is 0 Å². The molecule has 2 aromatic carbocycles. The number of phenolic OH excluding ortho intramolecular Hbond substituents is 2. The van der Waals surface area contributed by atoms with Crippen molar-refractivity contribution in [3.05, 3.63) is 46.0 Å². The van der Waals surface area contributed by atoms with Gasteiger partial charge in [-0.05, 0) is 18.6 Å². The Morgan fingerprint density at radius 3 is 2.26 bits per heavy atom. The van der Waals surface area contributed by atoms with Crippen LogP contribution in [-0.2, 0) is 9.53 Å². The zero-order valence-corrected chi connectivity index (χ0v) is 17.2. The van der Waals surface area contributed by atoms with E-state index in [2.05, 4.69) is 0 Å². The van der Waals surface area contributed by atoms with Gasteiger partial charge in [-0.1, -0.05) is 0 Å². The average Bonchev–Trinajstić information content (AvgIpc) is 2.74. The molecule has 0 amide bonds. The van der Waals surface area contributed by atoms with Crippen LogP contribution in [0.1, 0.15) is 56.7 Å². The number of aromatic hydroxyl groups is 2. The summed E-state index contributed by atoms with van der Waals surface area (Å²) in [6.45, 7) is 0.659. The van der Waals surface area contributed by atoms with Gasteiger partial charge in [0.2, 0.25) is 5.78 Å². The second-order valence-electron chi connectivity index (χ2n) is 7.00. The van der Waals surface area contributed by atoms with Crippen LogP contribution >= 0.6 is 0 Å². The second kappa shape index (κ2) is 8.65. The van der Waals surface area contributed by atoms with Crippen LogP contribution in [0.25, 0.3) is 0 Å². The summed E-state index contributed by atoms with van der Waals surface area (Å²) >= 11 is 0. The first kappa shape index (κ1) is 22.1. The fraction of sp³-hybridized carbons (Fsp3) is 0.318. The minimum atomic E-state index is -0.841. The number of fused-ring (bicyclic) bond motifs is 2. The Bertz CT molecular complexity index is 1070. The Morgan fingerprint density at radius 1 is 1.00 bits per heavy atom. The van der Waals surface area contributed by atoms with Gasteiger partial charge in [-0.25, -0.2) is 0 Å². The maximum atomic E-state index is 13.3. The van der Waals surface area contributed by atoms with E-state index >= 15 is 0 Å². The van der Waals surface area contributed by atoms with Gasteiger partial charge in [0, 0.05) is 35.6 Å². The standard InChI is InChI=1S/C22H22O9/c1-10(24)31-5-4-11(9-23)17-15(25)8-14-19(21(17)27)22(28)18-13(20(14)26)6-12(29-2)7-16(18)30-3/h6-8,11,23,25,27H,4-5,9H2,1-3H3/t11-/m1/s1. The van der Waals surface area contributed by atoms with Crippen molar-refractivity contribution >= 4 is 17.5 Å². The van der Waals surface area contributed by atoms with Crippen LogP contribution in [0.3, 0.4) is 0 Å². The van der Waals surface area contributed by atoms with Crippen molar-refractivity contribution in [3.63, 3.8) is 0 Å². The van der Waals surface area contributed by atoms with Crippen molar-refractivity contribution in [2.75, 3.05) is 27.4 Å². The molecular weight excluding hydrogens is 408 g/mol. The lowest BCUT2D eigenvalue weighted by atomic mass is 9.80. The normalized spacial score (nSPS) is 13.3. The Labute approximate surface area is 177 Å². The molecule has 1 aliphatic carbocycles. The number of benzene rings is 2. The van der Waals surface area contributed by atoms with Gasteiger partial charge in [0.15, 0.2) is 5.78 Å². The monoisotopic (exact) mass is 430 g/mol. The summed E-state index contributed by atoms with van der Waals surface area (Å²) in [5.74, 6) is -3.30. The topological polar surface area (TPSA) is 140 Å². The molecule has 0 heterocycles. The lowest BCUT2D eigenvalue weighted by Gasteiger charge is -2.25. The van der Waals surface area contributed by atoms with Gasteiger partial charge in [0.05, 0.1) is 38.6 Å². The number of hydrogen-bond acceptors (Lipinski definition) is 9. The van der Waals surface area contributed by atoms with Crippen LogP contribution in [-0.4, -0.2) is 60.3 Å². The molecule has 3 N–H and O–H groups in total. The van der Waals surface area contributed by atoms with Gasteiger partial charge in [0.25, 0.3) is 0 Å². The first-order valence-electron chi connectivity index (χ1n) is 9.43. The highest BCUT2D eigenvalue weighted by Gasteiger charge is 2.38. The number of ketones is 2. The van der Waals surface area contributed by atoms with E-state index in [-0.39, 0.29) is 46.6 Å². The number of esters is 1. The third kappa shape index (κ3) is 3.79. The molecule has 9 heteroatoms. The molecule has 0 aliphatic heterocycles. The molecule has 0 unspecified atom stereocenters. The number of aliphatic hydroxyl groups is 1. The maximum Gasteiger partial charge on any atom is 0.302 e. The van der Waals surface area contributed by atoms with Gasteiger partial charge >= 0.3 is 5.97 Å². The molecule has 3 rings (SSSR count). The summed E-state index contributed by atoms with van der Waals surface area (Å²) < 4.78 is 15.3. The van der Waals surface area contributed by atoms with Gasteiger partial charge in [0.1, 0.15) is 23.0 Å². The summed E-state index contributed by atoms with van der Waals surface area (Å²) in [6, 6.07) is 3.93. The highest BCUT2D eigenvalue weighted by atomic mass is 16.5. The lowest BCUT2D eigenvalue weighted by Crippen LogP contribution is -2.23. The molecule has 0 fully saturated rings. The third-order valence-electron chi connectivity index (χ3n) is 5.19. The van der Waals surface area contributed by atoms with Crippen molar-refractivity contribution in [3.8, 4) is 23.0 Å². The molecule has 9 nitrogen and oxygen atoms in total. The summed E-state index contributed by atoms with van der Waals surface area (Å²) in [5, 5.41) is 31.2. The SMILES string of the molecule is COc1cc(OC)c2c(c1)C(=O)c1cc(O)c([C@@H](CO)CCOC(C)=O)c(O)c1C2=O. The molecule has 0 bridgehead atoms. The summed E-state index contributed by atoms with van der Waals surface area (Å²) in [6.07, 6.45) is 0.0786. The molecule has 31 heavy (non-hydrogen) atoms. The first-order chi connectivity index (χ1) is 14.7. The minimum absolute atomic E-state index is 0.0221. The molecule has 1 aliphatic rings. The Morgan fingerprint density at radius 2 is 1.68 bits per heavy atom. The van der Waals surface area contributed by atoms with Crippen LogP contribution < -0.4 is 9.47 Å². The van der Waals surface area contributed by atoms with E-state index in [0.717, 1.165) is 6.07 Å². The Balaban J connectivity index is 2.15. The lowest BCUT2D eigenvalue weighted by molar-refractivity contribution is -0.141. The zero-order valence-electron chi connectivity index (χ0n) is 17.2. The largest absolute Gasteiger partial charge is 0.507 e. The number of carbonyl (C=O) groups excluding carboxylic acids is 3. The van der Waals surface area contributed by atoms with E-state index in [4.69, 9.17) is 14.2 Å². The average molecular weight is 430 g/mol. The molecule has 0 radical (unpaired) electrons. The van der Waals surface area contributed by atoms with Crippen molar-refractivity contribution in [1.82, 2.24) is 0 Å². The van der Waals surface area contributed by atoms with E-state index in [0.29, 0.717) is 5.75 Å². The van der Waals surface area contributed by atoms with Gasteiger partial charge in [-0.3, -0.25) is 14.4 Å². The maximum absolute atomic E-state index is 13.3. The van der Waals surface area contributed by atoms with E-state index < -0.39 is 41.6 Å². The quantitative estimate of drug-likeness (QED) is 0.480.